The summed E-state index contributed by atoms with van der Waals surface area (Å²) in [5, 5.41) is 12.8. The number of hydrogen-bond acceptors (Lipinski definition) is 2. The van der Waals surface area contributed by atoms with E-state index >= 15 is 0 Å². The van der Waals surface area contributed by atoms with Crippen LogP contribution in [0, 0.1) is 18.6 Å². The lowest BCUT2D eigenvalue weighted by Crippen LogP contribution is -2.08. The smallest absolute Gasteiger partial charge is 0.128 e. The average molecular weight is 263 g/mol. The molecule has 0 saturated heterocycles. The number of halogens is 2. The van der Waals surface area contributed by atoms with E-state index in [0.717, 1.165) is 6.07 Å². The lowest BCUT2D eigenvalue weighted by atomic mass is 10.1. The summed E-state index contributed by atoms with van der Waals surface area (Å²) < 4.78 is 26.4. The summed E-state index contributed by atoms with van der Waals surface area (Å²) >= 11 is 0. The number of aromatic hydroxyl groups is 1. The summed E-state index contributed by atoms with van der Waals surface area (Å²) in [5.74, 6) is -0.898. The molecule has 2 aromatic carbocycles. The molecule has 2 aromatic rings. The Morgan fingerprint density at radius 3 is 2.58 bits per heavy atom. The lowest BCUT2D eigenvalue weighted by molar-refractivity contribution is 0.459. The molecule has 0 aliphatic carbocycles. The molecular formula is C15H15F2NO. The van der Waals surface area contributed by atoms with Gasteiger partial charge in [-0.25, -0.2) is 8.78 Å². The molecular weight excluding hydrogens is 248 g/mol. The number of rotatable bonds is 3. The van der Waals surface area contributed by atoms with E-state index < -0.39 is 5.82 Å². The van der Waals surface area contributed by atoms with E-state index in [4.69, 9.17) is 0 Å². The summed E-state index contributed by atoms with van der Waals surface area (Å²) in [7, 11) is 0. The molecule has 2 nitrogen and oxygen atoms in total. The van der Waals surface area contributed by atoms with Gasteiger partial charge < -0.3 is 10.4 Å². The monoisotopic (exact) mass is 263 g/mol. The number of hydrogen-bond donors (Lipinski definition) is 2. The van der Waals surface area contributed by atoms with Crippen LogP contribution in [-0.4, -0.2) is 5.11 Å². The van der Waals surface area contributed by atoms with Gasteiger partial charge in [0.1, 0.15) is 17.4 Å². The molecule has 0 heterocycles. The molecule has 2 N–H and O–H groups in total. The van der Waals surface area contributed by atoms with Crippen LogP contribution in [-0.2, 0) is 0 Å². The van der Waals surface area contributed by atoms with Crippen molar-refractivity contribution in [2.45, 2.75) is 19.9 Å². The maximum atomic E-state index is 13.4. The molecule has 0 aliphatic rings. The Balaban J connectivity index is 2.25. The molecule has 4 heteroatoms. The quantitative estimate of drug-likeness (QED) is 0.871. The van der Waals surface area contributed by atoms with E-state index in [0.29, 0.717) is 16.8 Å². The summed E-state index contributed by atoms with van der Waals surface area (Å²) in [6.07, 6.45) is 0. The van der Waals surface area contributed by atoms with Gasteiger partial charge in [-0.3, -0.25) is 0 Å². The third-order valence-corrected chi connectivity index (χ3v) is 3.10. The van der Waals surface area contributed by atoms with Crippen molar-refractivity contribution < 1.29 is 13.9 Å². The van der Waals surface area contributed by atoms with E-state index in [2.05, 4.69) is 5.32 Å². The van der Waals surface area contributed by atoms with Gasteiger partial charge in [-0.1, -0.05) is 12.1 Å². The highest BCUT2D eigenvalue weighted by Crippen LogP contribution is 2.29. The van der Waals surface area contributed by atoms with E-state index in [1.165, 1.54) is 18.2 Å². The van der Waals surface area contributed by atoms with Gasteiger partial charge in [-0.05, 0) is 32.0 Å². The van der Waals surface area contributed by atoms with Crippen molar-refractivity contribution in [3.05, 3.63) is 59.2 Å². The molecule has 0 fully saturated rings. The van der Waals surface area contributed by atoms with Gasteiger partial charge in [0.25, 0.3) is 0 Å². The van der Waals surface area contributed by atoms with Gasteiger partial charge in [0.2, 0.25) is 0 Å². The van der Waals surface area contributed by atoms with Gasteiger partial charge in [0.15, 0.2) is 0 Å². The van der Waals surface area contributed by atoms with Gasteiger partial charge in [0, 0.05) is 22.9 Å². The molecule has 0 radical (unpaired) electrons. The van der Waals surface area contributed by atoms with E-state index in [1.54, 1.807) is 19.1 Å². The summed E-state index contributed by atoms with van der Waals surface area (Å²) in [6.45, 7) is 3.49. The first kappa shape index (κ1) is 13.3. The highest BCUT2D eigenvalue weighted by Gasteiger charge is 2.12. The second-order valence-corrected chi connectivity index (χ2v) is 4.48. The second-order valence-electron chi connectivity index (χ2n) is 4.48. The number of phenols is 1. The van der Waals surface area contributed by atoms with Gasteiger partial charge in [-0.2, -0.15) is 0 Å². The minimum Gasteiger partial charge on any atom is -0.507 e. The highest BCUT2D eigenvalue weighted by atomic mass is 19.1. The van der Waals surface area contributed by atoms with Gasteiger partial charge in [-0.15, -0.1) is 0 Å². The molecule has 19 heavy (non-hydrogen) atoms. The highest BCUT2D eigenvalue weighted by molar-refractivity contribution is 5.53. The van der Waals surface area contributed by atoms with Crippen molar-refractivity contribution in [2.24, 2.45) is 0 Å². The Hall–Kier alpha value is -2.10. The SMILES string of the molecule is Cc1c(F)cccc1NC(C)c1ccc(F)cc1O. The van der Waals surface area contributed by atoms with Crippen molar-refractivity contribution in [1.82, 2.24) is 0 Å². The molecule has 100 valence electrons. The van der Waals surface area contributed by atoms with E-state index in [1.807, 2.05) is 6.92 Å². The van der Waals surface area contributed by atoms with E-state index in [-0.39, 0.29) is 17.6 Å². The molecule has 2 rings (SSSR count). The van der Waals surface area contributed by atoms with Crippen molar-refractivity contribution in [1.29, 1.82) is 0 Å². The van der Waals surface area contributed by atoms with Crippen LogP contribution in [0.5, 0.6) is 5.75 Å². The number of benzene rings is 2. The lowest BCUT2D eigenvalue weighted by Gasteiger charge is -2.18. The van der Waals surface area contributed by atoms with E-state index in [9.17, 15) is 13.9 Å². The molecule has 0 saturated carbocycles. The molecule has 0 aliphatic heterocycles. The molecule has 1 atom stereocenters. The zero-order valence-electron chi connectivity index (χ0n) is 10.7. The molecule has 0 bridgehead atoms. The van der Waals surface area contributed by atoms with Crippen LogP contribution in [0.25, 0.3) is 0 Å². The third kappa shape index (κ3) is 2.84. The predicted octanol–water partition coefficient (Wildman–Crippen LogP) is 4.15. The maximum Gasteiger partial charge on any atom is 0.128 e. The van der Waals surface area contributed by atoms with Gasteiger partial charge in [0.05, 0.1) is 6.04 Å². The largest absolute Gasteiger partial charge is 0.507 e. The predicted molar refractivity (Wildman–Crippen MR) is 71.2 cm³/mol. The maximum absolute atomic E-state index is 13.4. The fraction of sp³-hybridized carbons (Fsp3) is 0.200. The first-order valence-electron chi connectivity index (χ1n) is 5.99. The Labute approximate surface area is 110 Å². The summed E-state index contributed by atoms with van der Waals surface area (Å²) in [6, 6.07) is 8.35. The van der Waals surface area contributed by atoms with Crippen LogP contribution in [0.2, 0.25) is 0 Å². The Morgan fingerprint density at radius 2 is 1.89 bits per heavy atom. The second kappa shape index (κ2) is 5.26. The summed E-state index contributed by atoms with van der Waals surface area (Å²) in [5.41, 5.74) is 1.72. The van der Waals surface area contributed by atoms with Gasteiger partial charge >= 0.3 is 0 Å². The van der Waals surface area contributed by atoms with Crippen molar-refractivity contribution >= 4 is 5.69 Å². The minimum absolute atomic E-state index is 0.117. The fourth-order valence-corrected chi connectivity index (χ4v) is 1.96. The zero-order valence-corrected chi connectivity index (χ0v) is 10.7. The molecule has 0 amide bonds. The van der Waals surface area contributed by atoms with Crippen LogP contribution in [0.3, 0.4) is 0 Å². The first-order valence-corrected chi connectivity index (χ1v) is 5.99. The zero-order chi connectivity index (χ0) is 14.0. The van der Waals surface area contributed by atoms with Crippen LogP contribution >= 0.6 is 0 Å². The normalized spacial score (nSPS) is 12.2. The summed E-state index contributed by atoms with van der Waals surface area (Å²) in [4.78, 5) is 0. The van der Waals surface area contributed by atoms with Crippen LogP contribution < -0.4 is 5.32 Å². The third-order valence-electron chi connectivity index (χ3n) is 3.10. The van der Waals surface area contributed by atoms with Crippen molar-refractivity contribution in [2.75, 3.05) is 5.32 Å². The van der Waals surface area contributed by atoms with Crippen LogP contribution in [0.15, 0.2) is 36.4 Å². The Morgan fingerprint density at radius 1 is 1.16 bits per heavy atom. The molecule has 1 unspecified atom stereocenters. The average Bonchev–Trinajstić information content (AvgIpc) is 2.34. The topological polar surface area (TPSA) is 32.3 Å². The van der Waals surface area contributed by atoms with Crippen LogP contribution in [0.4, 0.5) is 14.5 Å². The number of anilines is 1. The molecule has 0 spiro atoms. The number of phenolic OH excluding ortho intramolecular Hbond substituents is 1. The van der Waals surface area contributed by atoms with Crippen molar-refractivity contribution in [3.63, 3.8) is 0 Å². The standard InChI is InChI=1S/C15H15F2NO/c1-9-13(17)4-3-5-14(9)18-10(2)12-7-6-11(16)8-15(12)19/h3-8,10,18-19H,1-2H3. The number of nitrogens with one attached hydrogen (secondary N) is 1. The Bertz CT molecular complexity index is 599. The Kier molecular flexibility index (Phi) is 3.69. The molecule has 0 aromatic heterocycles. The van der Waals surface area contributed by atoms with Crippen molar-refractivity contribution in [3.8, 4) is 5.75 Å². The van der Waals surface area contributed by atoms with Crippen LogP contribution in [0.1, 0.15) is 24.1 Å². The fourth-order valence-electron chi connectivity index (χ4n) is 1.96. The first-order chi connectivity index (χ1) is 8.99. The minimum atomic E-state index is -0.490.